The van der Waals surface area contributed by atoms with E-state index in [1.165, 1.54) is 6.20 Å². The van der Waals surface area contributed by atoms with Crippen molar-refractivity contribution < 1.29 is 8.42 Å². The normalized spacial score (nSPS) is 22.5. The predicted molar refractivity (Wildman–Crippen MR) is 89.1 cm³/mol. The van der Waals surface area contributed by atoms with E-state index >= 15 is 0 Å². The molecule has 22 heavy (non-hydrogen) atoms. The van der Waals surface area contributed by atoms with Gasteiger partial charge >= 0.3 is 0 Å². The molecule has 0 saturated carbocycles. The number of halogens is 2. The van der Waals surface area contributed by atoms with Crippen LogP contribution in [0, 0.1) is 5.92 Å². The third kappa shape index (κ3) is 3.23. The zero-order valence-corrected chi connectivity index (χ0v) is 14.4. The molecule has 3 heterocycles. The molecule has 0 aliphatic carbocycles. The van der Waals surface area contributed by atoms with Gasteiger partial charge in [0.15, 0.2) is 0 Å². The van der Waals surface area contributed by atoms with Gasteiger partial charge < -0.3 is 10.3 Å². The standard InChI is InChI=1S/C13H17ClN4O2S.ClH/c1-8-6-15-4-3-10(8)18-21(19,20)11-7-17-13-12(11)9(14)2-5-16-13;/h2,5,7-8,10,15,18H,3-4,6H2,1H3,(H,16,17);1H. The molecule has 0 spiro atoms. The van der Waals surface area contributed by atoms with E-state index in [1.54, 1.807) is 12.3 Å². The second-order valence-electron chi connectivity index (χ2n) is 5.37. The van der Waals surface area contributed by atoms with Crippen LogP contribution in [0.4, 0.5) is 0 Å². The molecule has 0 bridgehead atoms. The third-order valence-electron chi connectivity index (χ3n) is 3.87. The Morgan fingerprint density at radius 3 is 2.95 bits per heavy atom. The van der Waals surface area contributed by atoms with Crippen LogP contribution in [0.2, 0.25) is 5.02 Å². The average Bonchev–Trinajstić information content (AvgIpc) is 2.87. The van der Waals surface area contributed by atoms with E-state index < -0.39 is 10.0 Å². The molecule has 0 amide bonds. The first-order valence-corrected chi connectivity index (χ1v) is 8.70. The minimum Gasteiger partial charge on any atom is -0.345 e. The Bertz CT molecular complexity index is 762. The highest BCUT2D eigenvalue weighted by atomic mass is 35.5. The highest BCUT2D eigenvalue weighted by Gasteiger charge is 2.28. The van der Waals surface area contributed by atoms with E-state index in [9.17, 15) is 8.42 Å². The summed E-state index contributed by atoms with van der Waals surface area (Å²) in [6, 6.07) is 1.51. The fourth-order valence-electron chi connectivity index (χ4n) is 2.65. The number of aromatic amines is 1. The van der Waals surface area contributed by atoms with Crippen LogP contribution in [0.25, 0.3) is 11.0 Å². The Labute approximate surface area is 140 Å². The maximum atomic E-state index is 12.6. The number of H-pyrrole nitrogens is 1. The molecule has 1 aliphatic heterocycles. The summed E-state index contributed by atoms with van der Waals surface area (Å²) in [4.78, 5) is 7.11. The van der Waals surface area contributed by atoms with Crippen LogP contribution < -0.4 is 10.0 Å². The maximum Gasteiger partial charge on any atom is 0.243 e. The lowest BCUT2D eigenvalue weighted by Gasteiger charge is -2.29. The zero-order chi connectivity index (χ0) is 15.0. The fraction of sp³-hybridized carbons (Fsp3) is 0.462. The second kappa shape index (κ2) is 6.72. The summed E-state index contributed by atoms with van der Waals surface area (Å²) in [7, 11) is -3.63. The van der Waals surface area contributed by atoms with Gasteiger partial charge in [-0.3, -0.25) is 0 Å². The minimum atomic E-state index is -3.63. The van der Waals surface area contributed by atoms with Crippen molar-refractivity contribution in [2.75, 3.05) is 13.1 Å². The van der Waals surface area contributed by atoms with Gasteiger partial charge in [-0.2, -0.15) is 0 Å². The topological polar surface area (TPSA) is 86.9 Å². The second-order valence-corrected chi connectivity index (χ2v) is 7.46. The van der Waals surface area contributed by atoms with Gasteiger partial charge in [0.2, 0.25) is 10.0 Å². The summed E-state index contributed by atoms with van der Waals surface area (Å²) in [6.45, 7) is 3.65. The molecule has 2 aromatic heterocycles. The van der Waals surface area contributed by atoms with Crippen molar-refractivity contribution in [3.8, 4) is 0 Å². The van der Waals surface area contributed by atoms with E-state index in [1.807, 2.05) is 6.92 Å². The number of aromatic nitrogens is 2. The molecule has 2 aromatic rings. The van der Waals surface area contributed by atoms with Crippen LogP contribution in [-0.4, -0.2) is 37.5 Å². The lowest BCUT2D eigenvalue weighted by atomic mass is 9.97. The summed E-state index contributed by atoms with van der Waals surface area (Å²) in [5.41, 5.74) is 0.473. The number of piperidine rings is 1. The SMILES string of the molecule is CC1CNCCC1NS(=O)(=O)c1c[nH]c2nccc(Cl)c12.Cl. The van der Waals surface area contributed by atoms with Gasteiger partial charge in [0, 0.05) is 18.4 Å². The monoisotopic (exact) mass is 364 g/mol. The number of hydrogen-bond donors (Lipinski definition) is 3. The highest BCUT2D eigenvalue weighted by Crippen LogP contribution is 2.28. The smallest absolute Gasteiger partial charge is 0.243 e. The Morgan fingerprint density at radius 1 is 1.45 bits per heavy atom. The summed E-state index contributed by atoms with van der Waals surface area (Å²) >= 11 is 6.12. The number of sulfonamides is 1. The number of hydrogen-bond acceptors (Lipinski definition) is 4. The van der Waals surface area contributed by atoms with Gasteiger partial charge in [-0.25, -0.2) is 18.1 Å². The number of nitrogens with zero attached hydrogens (tertiary/aromatic N) is 1. The van der Waals surface area contributed by atoms with E-state index in [0.29, 0.717) is 16.1 Å². The largest absolute Gasteiger partial charge is 0.345 e. The Balaban J connectivity index is 0.00000176. The first kappa shape index (κ1) is 17.5. The van der Waals surface area contributed by atoms with Crippen LogP contribution in [0.1, 0.15) is 13.3 Å². The van der Waals surface area contributed by atoms with Gasteiger partial charge in [0.05, 0.1) is 10.4 Å². The Kier molecular flexibility index (Phi) is 5.34. The van der Waals surface area contributed by atoms with E-state index in [2.05, 4.69) is 20.0 Å². The Morgan fingerprint density at radius 2 is 2.23 bits per heavy atom. The molecular formula is C13H18Cl2N4O2S. The van der Waals surface area contributed by atoms with Crippen LogP contribution in [0.5, 0.6) is 0 Å². The quantitative estimate of drug-likeness (QED) is 0.776. The molecule has 0 aromatic carbocycles. The first-order chi connectivity index (χ1) is 9.99. The van der Waals surface area contributed by atoms with Crippen molar-refractivity contribution in [3.05, 3.63) is 23.5 Å². The molecule has 2 atom stereocenters. The van der Waals surface area contributed by atoms with Crippen LogP contribution in [0.3, 0.4) is 0 Å². The molecule has 1 aliphatic rings. The maximum absolute atomic E-state index is 12.6. The highest BCUT2D eigenvalue weighted by molar-refractivity contribution is 7.89. The zero-order valence-electron chi connectivity index (χ0n) is 12.0. The van der Waals surface area contributed by atoms with Crippen molar-refractivity contribution in [1.29, 1.82) is 0 Å². The molecule has 9 heteroatoms. The third-order valence-corrected chi connectivity index (χ3v) is 5.70. The lowest BCUT2D eigenvalue weighted by Crippen LogP contribution is -2.48. The average molecular weight is 365 g/mol. The van der Waals surface area contributed by atoms with E-state index in [-0.39, 0.29) is 29.3 Å². The molecule has 2 unspecified atom stereocenters. The molecule has 1 fully saturated rings. The summed E-state index contributed by atoms with van der Waals surface area (Å²) in [5.74, 6) is 0.243. The number of pyridine rings is 1. The van der Waals surface area contributed by atoms with Crippen molar-refractivity contribution in [3.63, 3.8) is 0 Å². The summed E-state index contributed by atoms with van der Waals surface area (Å²) in [6.07, 6.45) is 3.76. The van der Waals surface area contributed by atoms with Crippen molar-refractivity contribution in [2.24, 2.45) is 5.92 Å². The van der Waals surface area contributed by atoms with Gasteiger partial charge in [-0.15, -0.1) is 12.4 Å². The minimum absolute atomic E-state index is 0. The van der Waals surface area contributed by atoms with Crippen molar-refractivity contribution >= 4 is 45.1 Å². The fourth-order valence-corrected chi connectivity index (χ4v) is 4.52. The van der Waals surface area contributed by atoms with Crippen LogP contribution in [-0.2, 0) is 10.0 Å². The number of nitrogens with one attached hydrogen (secondary N) is 3. The van der Waals surface area contributed by atoms with Gasteiger partial charge in [-0.05, 0) is 31.5 Å². The molecule has 3 rings (SSSR count). The van der Waals surface area contributed by atoms with Gasteiger partial charge in [-0.1, -0.05) is 18.5 Å². The van der Waals surface area contributed by atoms with Crippen molar-refractivity contribution in [2.45, 2.75) is 24.3 Å². The van der Waals surface area contributed by atoms with Crippen LogP contribution >= 0.6 is 24.0 Å². The first-order valence-electron chi connectivity index (χ1n) is 6.83. The predicted octanol–water partition coefficient (Wildman–Crippen LogP) is 1.91. The van der Waals surface area contributed by atoms with Crippen molar-refractivity contribution in [1.82, 2.24) is 20.0 Å². The molecule has 1 saturated heterocycles. The van der Waals surface area contributed by atoms with Gasteiger partial charge in [0.25, 0.3) is 0 Å². The number of fused-ring (bicyclic) bond motifs is 1. The summed E-state index contributed by atoms with van der Waals surface area (Å²) in [5, 5.41) is 4.06. The lowest BCUT2D eigenvalue weighted by molar-refractivity contribution is 0.328. The number of rotatable bonds is 3. The molecule has 6 nitrogen and oxygen atoms in total. The molecule has 3 N–H and O–H groups in total. The molecule has 122 valence electrons. The van der Waals surface area contributed by atoms with E-state index in [0.717, 1.165) is 19.5 Å². The molecule has 0 radical (unpaired) electrons. The Hall–Kier alpha value is -0.860. The summed E-state index contributed by atoms with van der Waals surface area (Å²) < 4.78 is 28.1. The van der Waals surface area contributed by atoms with Gasteiger partial charge in [0.1, 0.15) is 10.5 Å². The van der Waals surface area contributed by atoms with Crippen LogP contribution in [0.15, 0.2) is 23.4 Å². The van der Waals surface area contributed by atoms with E-state index in [4.69, 9.17) is 11.6 Å². The molecular weight excluding hydrogens is 347 g/mol.